The van der Waals surface area contributed by atoms with Gasteiger partial charge in [-0.05, 0) is 41.0 Å². The smallest absolute Gasteiger partial charge is 0.319 e. The van der Waals surface area contributed by atoms with Crippen molar-refractivity contribution in [3.8, 4) is 11.1 Å². The molecule has 0 atom stereocenters. The Morgan fingerprint density at radius 1 is 0.742 bits per heavy atom. The van der Waals surface area contributed by atoms with E-state index in [9.17, 15) is 4.79 Å². The molecule has 0 saturated carbocycles. The van der Waals surface area contributed by atoms with Gasteiger partial charge in [0.2, 0.25) is 0 Å². The lowest BCUT2D eigenvalue weighted by molar-refractivity contribution is 0.251. The Morgan fingerprint density at radius 3 is 2.29 bits per heavy atom. The van der Waals surface area contributed by atoms with Gasteiger partial charge in [0.15, 0.2) is 0 Å². The predicted molar refractivity (Wildman–Crippen MR) is 126 cm³/mol. The quantitative estimate of drug-likeness (QED) is 0.368. The Balaban J connectivity index is 1.32. The maximum atomic E-state index is 12.1. The molecular formula is C26H24N4O. The van der Waals surface area contributed by atoms with Crippen molar-refractivity contribution in [2.24, 2.45) is 0 Å². The number of carbonyl (C=O) groups is 1. The average Bonchev–Trinajstić information content (AvgIpc) is 2.84. The number of hydrogen-bond acceptors (Lipinski definition) is 3. The van der Waals surface area contributed by atoms with Crippen LogP contribution < -0.4 is 16.0 Å². The first-order valence-electron chi connectivity index (χ1n) is 10.2. The Morgan fingerprint density at radius 2 is 1.52 bits per heavy atom. The van der Waals surface area contributed by atoms with Gasteiger partial charge in [0.05, 0.1) is 0 Å². The summed E-state index contributed by atoms with van der Waals surface area (Å²) in [6.07, 6.45) is 3.44. The highest BCUT2D eigenvalue weighted by molar-refractivity contribution is 5.89. The van der Waals surface area contributed by atoms with Crippen molar-refractivity contribution in [3.05, 3.63) is 115 Å². The minimum atomic E-state index is -0.244. The number of rotatable bonds is 7. The molecule has 3 aromatic carbocycles. The number of urea groups is 1. The number of nitrogens with one attached hydrogen (secondary N) is 3. The van der Waals surface area contributed by atoms with Crippen molar-refractivity contribution in [1.29, 1.82) is 0 Å². The molecule has 154 valence electrons. The molecule has 31 heavy (non-hydrogen) atoms. The summed E-state index contributed by atoms with van der Waals surface area (Å²) >= 11 is 0. The van der Waals surface area contributed by atoms with Crippen molar-refractivity contribution in [3.63, 3.8) is 0 Å². The summed E-state index contributed by atoms with van der Waals surface area (Å²) in [4.78, 5) is 16.1. The first-order valence-corrected chi connectivity index (χ1v) is 10.2. The van der Waals surface area contributed by atoms with Crippen LogP contribution in [0.5, 0.6) is 0 Å². The number of anilines is 2. The normalized spacial score (nSPS) is 10.3. The van der Waals surface area contributed by atoms with E-state index in [1.165, 1.54) is 11.1 Å². The van der Waals surface area contributed by atoms with Crippen molar-refractivity contribution in [1.82, 2.24) is 10.3 Å². The fourth-order valence-corrected chi connectivity index (χ4v) is 3.27. The van der Waals surface area contributed by atoms with E-state index in [2.05, 4.69) is 45.2 Å². The molecule has 1 heterocycles. The molecule has 0 bridgehead atoms. The van der Waals surface area contributed by atoms with Crippen LogP contribution in [0.4, 0.5) is 16.2 Å². The number of aromatic nitrogens is 1. The van der Waals surface area contributed by atoms with Crippen LogP contribution in [0.3, 0.4) is 0 Å². The SMILES string of the molecule is O=C(NCc1cccnc1)Nc1ccc(CNc2ccccc2-c2ccccc2)cc1. The zero-order valence-corrected chi connectivity index (χ0v) is 17.1. The number of para-hydroxylation sites is 1. The van der Waals surface area contributed by atoms with Crippen LogP contribution in [-0.2, 0) is 13.1 Å². The zero-order valence-electron chi connectivity index (χ0n) is 17.1. The van der Waals surface area contributed by atoms with Crippen LogP contribution in [0.1, 0.15) is 11.1 Å². The molecule has 1 aromatic heterocycles. The zero-order chi connectivity index (χ0) is 21.3. The highest BCUT2D eigenvalue weighted by Crippen LogP contribution is 2.28. The summed E-state index contributed by atoms with van der Waals surface area (Å²) in [7, 11) is 0. The second-order valence-corrected chi connectivity index (χ2v) is 7.13. The average molecular weight is 409 g/mol. The number of carbonyl (C=O) groups excluding carboxylic acids is 1. The van der Waals surface area contributed by atoms with Gasteiger partial charge in [0.25, 0.3) is 0 Å². The Hall–Kier alpha value is -4.12. The molecule has 0 radical (unpaired) electrons. The van der Waals surface area contributed by atoms with Crippen molar-refractivity contribution in [2.75, 3.05) is 10.6 Å². The molecule has 4 rings (SSSR count). The molecule has 0 aliphatic rings. The Labute approximate surface area is 182 Å². The van der Waals surface area contributed by atoms with E-state index in [4.69, 9.17) is 0 Å². The van der Waals surface area contributed by atoms with Crippen LogP contribution in [-0.4, -0.2) is 11.0 Å². The van der Waals surface area contributed by atoms with E-state index < -0.39 is 0 Å². The lowest BCUT2D eigenvalue weighted by Gasteiger charge is -2.13. The van der Waals surface area contributed by atoms with E-state index in [1.807, 2.05) is 66.7 Å². The van der Waals surface area contributed by atoms with Crippen molar-refractivity contribution in [2.45, 2.75) is 13.1 Å². The third kappa shape index (κ3) is 5.70. The molecule has 0 fully saturated rings. The summed E-state index contributed by atoms with van der Waals surface area (Å²) in [6, 6.07) is 30.0. The van der Waals surface area contributed by atoms with E-state index >= 15 is 0 Å². The van der Waals surface area contributed by atoms with Gasteiger partial charge in [0.1, 0.15) is 0 Å². The number of nitrogens with zero attached hydrogens (tertiary/aromatic N) is 1. The van der Waals surface area contributed by atoms with Gasteiger partial charge < -0.3 is 16.0 Å². The summed E-state index contributed by atoms with van der Waals surface area (Å²) < 4.78 is 0. The lowest BCUT2D eigenvalue weighted by atomic mass is 10.0. The fourth-order valence-electron chi connectivity index (χ4n) is 3.27. The van der Waals surface area contributed by atoms with Gasteiger partial charge in [-0.1, -0.05) is 66.7 Å². The maximum Gasteiger partial charge on any atom is 0.319 e. The molecule has 3 N–H and O–H groups in total. The number of hydrogen-bond donors (Lipinski definition) is 3. The monoisotopic (exact) mass is 408 g/mol. The van der Waals surface area contributed by atoms with Crippen LogP contribution in [0, 0.1) is 0 Å². The molecule has 0 unspecified atom stereocenters. The van der Waals surface area contributed by atoms with E-state index in [1.54, 1.807) is 12.4 Å². The van der Waals surface area contributed by atoms with E-state index in [-0.39, 0.29) is 6.03 Å². The summed E-state index contributed by atoms with van der Waals surface area (Å²) in [5.74, 6) is 0. The number of amides is 2. The maximum absolute atomic E-state index is 12.1. The molecule has 4 aromatic rings. The molecule has 2 amide bonds. The minimum absolute atomic E-state index is 0.244. The van der Waals surface area contributed by atoms with Gasteiger partial charge in [-0.3, -0.25) is 4.98 Å². The summed E-state index contributed by atoms with van der Waals surface area (Å²) in [6.45, 7) is 1.12. The standard InChI is InChI=1S/C26H24N4O/c31-26(29-19-21-7-6-16-27-17-21)30-23-14-12-20(13-15-23)18-28-25-11-5-4-10-24(25)22-8-2-1-3-9-22/h1-17,28H,18-19H2,(H2,29,30,31). The molecule has 0 aliphatic heterocycles. The first kappa shape index (κ1) is 20.2. The summed E-state index contributed by atoms with van der Waals surface area (Å²) in [5.41, 5.74) is 6.27. The minimum Gasteiger partial charge on any atom is -0.380 e. The fraction of sp³-hybridized carbons (Fsp3) is 0.0769. The van der Waals surface area contributed by atoms with Crippen LogP contribution in [0.2, 0.25) is 0 Å². The first-order chi connectivity index (χ1) is 15.3. The van der Waals surface area contributed by atoms with Crippen LogP contribution >= 0.6 is 0 Å². The molecule has 0 spiro atoms. The highest BCUT2D eigenvalue weighted by Gasteiger charge is 2.05. The third-order valence-electron chi connectivity index (χ3n) is 4.88. The predicted octanol–water partition coefficient (Wildman–Crippen LogP) is 5.68. The topological polar surface area (TPSA) is 66.0 Å². The molecule has 5 heteroatoms. The second kappa shape index (κ2) is 10.1. The lowest BCUT2D eigenvalue weighted by Crippen LogP contribution is -2.28. The molecular weight excluding hydrogens is 384 g/mol. The summed E-state index contributed by atoms with van der Waals surface area (Å²) in [5, 5.41) is 9.20. The third-order valence-corrected chi connectivity index (χ3v) is 4.88. The number of benzene rings is 3. The Bertz CT molecular complexity index is 1110. The van der Waals surface area contributed by atoms with Gasteiger partial charge in [0, 0.05) is 42.4 Å². The van der Waals surface area contributed by atoms with Gasteiger partial charge in [-0.25, -0.2) is 4.79 Å². The van der Waals surface area contributed by atoms with Gasteiger partial charge >= 0.3 is 6.03 Å². The molecule has 0 saturated heterocycles. The van der Waals surface area contributed by atoms with Crippen molar-refractivity contribution < 1.29 is 4.79 Å². The largest absolute Gasteiger partial charge is 0.380 e. The van der Waals surface area contributed by atoms with E-state index in [0.717, 1.165) is 22.5 Å². The van der Waals surface area contributed by atoms with Crippen LogP contribution in [0.25, 0.3) is 11.1 Å². The van der Waals surface area contributed by atoms with Gasteiger partial charge in [-0.2, -0.15) is 0 Å². The van der Waals surface area contributed by atoms with Crippen LogP contribution in [0.15, 0.2) is 103 Å². The van der Waals surface area contributed by atoms with Crippen molar-refractivity contribution >= 4 is 17.4 Å². The highest BCUT2D eigenvalue weighted by atomic mass is 16.2. The van der Waals surface area contributed by atoms with E-state index in [0.29, 0.717) is 13.1 Å². The second-order valence-electron chi connectivity index (χ2n) is 7.13. The number of pyridine rings is 1. The van der Waals surface area contributed by atoms with Gasteiger partial charge in [-0.15, -0.1) is 0 Å². The Kier molecular flexibility index (Phi) is 6.55. The molecule has 0 aliphatic carbocycles. The molecule has 5 nitrogen and oxygen atoms in total.